The van der Waals surface area contributed by atoms with Crippen molar-refractivity contribution < 1.29 is 23.1 Å². The minimum absolute atomic E-state index is 0.0799. The van der Waals surface area contributed by atoms with Crippen LogP contribution in [-0.4, -0.2) is 81.5 Å². The monoisotopic (exact) mass is 495 g/mol. The second-order valence-electron chi connectivity index (χ2n) is 11.4. The molecule has 0 spiro atoms. The highest BCUT2D eigenvalue weighted by Crippen LogP contribution is 2.40. The Morgan fingerprint density at radius 3 is 2.56 bits per heavy atom. The summed E-state index contributed by atoms with van der Waals surface area (Å²) in [5.41, 5.74) is 0.408. The average molecular weight is 496 g/mol. The highest BCUT2D eigenvalue weighted by Gasteiger charge is 2.45. The van der Waals surface area contributed by atoms with Crippen molar-refractivity contribution in [3.63, 3.8) is 0 Å². The zero-order chi connectivity index (χ0) is 24.8. The van der Waals surface area contributed by atoms with Gasteiger partial charge in [-0.3, -0.25) is 9.59 Å². The van der Waals surface area contributed by atoms with E-state index in [-0.39, 0.29) is 36.5 Å². The lowest BCUT2D eigenvalue weighted by Gasteiger charge is -2.35. The second kappa shape index (κ2) is 9.22. The quantitative estimate of drug-likeness (QED) is 0.602. The Labute approximate surface area is 201 Å². The van der Waals surface area contributed by atoms with Gasteiger partial charge in [-0.1, -0.05) is 26.0 Å². The molecule has 2 aliphatic heterocycles. The molecule has 2 saturated heterocycles. The molecule has 1 aromatic heterocycles. The van der Waals surface area contributed by atoms with Gasteiger partial charge in [0.25, 0.3) is 0 Å². The van der Waals surface area contributed by atoms with Gasteiger partial charge in [-0.25, -0.2) is 13.1 Å². The molecule has 190 valence electrons. The minimum atomic E-state index is -3.04. The van der Waals surface area contributed by atoms with Crippen LogP contribution in [0.1, 0.15) is 77.5 Å². The van der Waals surface area contributed by atoms with E-state index in [1.54, 1.807) is 11.6 Å². The van der Waals surface area contributed by atoms with Gasteiger partial charge in [-0.2, -0.15) is 0 Å². The smallest absolute Gasteiger partial charge is 0.248 e. The van der Waals surface area contributed by atoms with Crippen LogP contribution >= 0.6 is 0 Å². The van der Waals surface area contributed by atoms with Gasteiger partial charge in [0.2, 0.25) is 11.8 Å². The molecule has 1 saturated carbocycles. The van der Waals surface area contributed by atoms with Crippen molar-refractivity contribution in [2.45, 2.75) is 89.2 Å². The zero-order valence-electron chi connectivity index (χ0n) is 20.5. The molecule has 3 heterocycles. The van der Waals surface area contributed by atoms with E-state index in [2.05, 4.69) is 15.6 Å². The maximum Gasteiger partial charge on any atom is 0.248 e. The van der Waals surface area contributed by atoms with E-state index < -0.39 is 38.7 Å². The Morgan fingerprint density at radius 1 is 1.24 bits per heavy atom. The lowest BCUT2D eigenvalue weighted by atomic mass is 9.85. The number of amides is 2. The molecule has 3 aliphatic rings. The first-order valence-electron chi connectivity index (χ1n) is 12.3. The fraction of sp³-hybridized carbons (Fsp3) is 0.826. The highest BCUT2D eigenvalue weighted by atomic mass is 32.2. The number of hydrogen-bond donors (Lipinski definition) is 2. The van der Waals surface area contributed by atoms with Crippen LogP contribution in [0.2, 0.25) is 0 Å². The van der Waals surface area contributed by atoms with Gasteiger partial charge in [-0.05, 0) is 43.9 Å². The third-order valence-electron chi connectivity index (χ3n) is 7.36. The van der Waals surface area contributed by atoms with E-state index in [0.29, 0.717) is 25.3 Å². The van der Waals surface area contributed by atoms with Gasteiger partial charge in [0, 0.05) is 31.6 Å². The van der Waals surface area contributed by atoms with Crippen LogP contribution in [0.5, 0.6) is 0 Å². The lowest BCUT2D eigenvalue weighted by Crippen LogP contribution is -2.51. The van der Waals surface area contributed by atoms with Crippen LogP contribution in [0.3, 0.4) is 0 Å². The molecule has 1 aliphatic carbocycles. The Kier molecular flexibility index (Phi) is 6.80. The Morgan fingerprint density at radius 2 is 1.94 bits per heavy atom. The van der Waals surface area contributed by atoms with Crippen LogP contribution in [0.4, 0.5) is 0 Å². The van der Waals surface area contributed by atoms with Crippen molar-refractivity contribution in [1.29, 1.82) is 0 Å². The highest BCUT2D eigenvalue weighted by molar-refractivity contribution is 7.92. The van der Waals surface area contributed by atoms with Crippen molar-refractivity contribution in [3.8, 4) is 0 Å². The zero-order valence-corrected chi connectivity index (χ0v) is 21.3. The van der Waals surface area contributed by atoms with Crippen molar-refractivity contribution in [1.82, 2.24) is 25.2 Å². The number of rotatable bonds is 6. The summed E-state index contributed by atoms with van der Waals surface area (Å²) in [6.07, 6.45) is 4.43. The number of nitrogens with zero attached hydrogens (tertiary/aromatic N) is 4. The predicted octanol–water partition coefficient (Wildman–Crippen LogP) is 1.03. The number of β-amino-alcohol motifs (C(OH)–C–C–N with tert-alkyl or cyclic N) is 1. The lowest BCUT2D eigenvalue weighted by molar-refractivity contribution is -0.144. The summed E-state index contributed by atoms with van der Waals surface area (Å²) in [7, 11) is -3.04. The first-order chi connectivity index (χ1) is 15.9. The molecular formula is C23H37N5O5S. The topological polar surface area (TPSA) is 134 Å². The van der Waals surface area contributed by atoms with Crippen LogP contribution in [0.15, 0.2) is 6.20 Å². The number of aliphatic hydroxyl groups is 1. The van der Waals surface area contributed by atoms with E-state index >= 15 is 0 Å². The largest absolute Gasteiger partial charge is 0.391 e. The SMILES string of the molecule is CC1CC(CNC(=O)[C@@H]2C[C@@H](O)CN2C(=O)[C@@H](n2cc(C3CC3)nn2)C(C)(C)C)CCS1(=O)=O. The van der Waals surface area contributed by atoms with Gasteiger partial charge in [-0.15, -0.1) is 5.10 Å². The number of carbonyl (C=O) groups is 2. The number of likely N-dealkylation sites (tertiary alicyclic amines) is 1. The number of nitrogens with one attached hydrogen (secondary N) is 1. The summed E-state index contributed by atoms with van der Waals surface area (Å²) in [6.45, 7) is 8.02. The van der Waals surface area contributed by atoms with Gasteiger partial charge >= 0.3 is 0 Å². The third-order valence-corrected chi connectivity index (χ3v) is 9.58. The predicted molar refractivity (Wildman–Crippen MR) is 126 cm³/mol. The fourth-order valence-electron chi connectivity index (χ4n) is 5.14. The molecule has 10 nitrogen and oxygen atoms in total. The molecule has 4 rings (SSSR count). The van der Waals surface area contributed by atoms with Crippen LogP contribution in [0.25, 0.3) is 0 Å². The molecule has 0 radical (unpaired) electrons. The van der Waals surface area contributed by atoms with E-state index in [1.165, 1.54) is 4.90 Å². The molecule has 0 aromatic carbocycles. The number of hydrogen-bond acceptors (Lipinski definition) is 7. The Bertz CT molecular complexity index is 1030. The normalized spacial score (nSPS) is 30.2. The Balaban J connectivity index is 1.45. The molecule has 5 atom stereocenters. The molecule has 2 amide bonds. The number of carbonyl (C=O) groups excluding carboxylic acids is 2. The number of aromatic nitrogens is 3. The van der Waals surface area contributed by atoms with E-state index in [4.69, 9.17) is 0 Å². The molecule has 1 aromatic rings. The molecule has 0 bridgehead atoms. The molecule has 2 N–H and O–H groups in total. The van der Waals surface area contributed by atoms with Crippen molar-refractivity contribution in [2.24, 2.45) is 11.3 Å². The maximum absolute atomic E-state index is 13.7. The van der Waals surface area contributed by atoms with Crippen molar-refractivity contribution in [2.75, 3.05) is 18.8 Å². The number of aliphatic hydroxyl groups excluding tert-OH is 1. The first-order valence-corrected chi connectivity index (χ1v) is 14.0. The third kappa shape index (κ3) is 5.30. The fourth-order valence-corrected chi connectivity index (χ4v) is 6.77. The average Bonchev–Trinajstić information content (AvgIpc) is 3.35. The van der Waals surface area contributed by atoms with Gasteiger partial charge in [0.05, 0.1) is 22.8 Å². The molecule has 2 unspecified atom stereocenters. The molecule has 3 fully saturated rings. The van der Waals surface area contributed by atoms with Gasteiger partial charge < -0.3 is 15.3 Å². The summed E-state index contributed by atoms with van der Waals surface area (Å²) >= 11 is 0. The molecule has 11 heteroatoms. The van der Waals surface area contributed by atoms with E-state index in [9.17, 15) is 23.1 Å². The summed E-state index contributed by atoms with van der Waals surface area (Å²) in [5.74, 6) is 0.0604. The van der Waals surface area contributed by atoms with Gasteiger partial charge in [0.15, 0.2) is 9.84 Å². The van der Waals surface area contributed by atoms with E-state index in [1.807, 2.05) is 27.0 Å². The number of sulfone groups is 1. The summed E-state index contributed by atoms with van der Waals surface area (Å²) in [5, 5.41) is 21.4. The molecular weight excluding hydrogens is 458 g/mol. The Hall–Kier alpha value is -2.01. The maximum atomic E-state index is 13.7. The molecule has 34 heavy (non-hydrogen) atoms. The second-order valence-corrected chi connectivity index (χ2v) is 13.9. The van der Waals surface area contributed by atoms with Crippen LogP contribution < -0.4 is 5.32 Å². The minimum Gasteiger partial charge on any atom is -0.391 e. The van der Waals surface area contributed by atoms with Crippen molar-refractivity contribution in [3.05, 3.63) is 11.9 Å². The van der Waals surface area contributed by atoms with Crippen LogP contribution in [-0.2, 0) is 19.4 Å². The summed E-state index contributed by atoms with van der Waals surface area (Å²) in [4.78, 5) is 28.3. The summed E-state index contributed by atoms with van der Waals surface area (Å²) in [6, 6.07) is -1.43. The van der Waals surface area contributed by atoms with Gasteiger partial charge in [0.1, 0.15) is 12.1 Å². The first kappa shape index (κ1) is 25.1. The van der Waals surface area contributed by atoms with Crippen molar-refractivity contribution >= 4 is 21.7 Å². The standard InChI is InChI=1S/C23H37N5O5S/c1-14-9-15(7-8-34(14,32)33)11-24-21(30)19-10-17(29)12-27(19)22(31)20(23(2,3)4)28-13-18(25-26-28)16-5-6-16/h13-17,19-20,29H,5-12H2,1-4H3,(H,24,30)/t14?,15?,17-,19+,20-/m1/s1. The summed E-state index contributed by atoms with van der Waals surface area (Å²) < 4.78 is 25.5. The van der Waals surface area contributed by atoms with Crippen LogP contribution in [0, 0.1) is 11.3 Å². The van der Waals surface area contributed by atoms with E-state index in [0.717, 1.165) is 18.5 Å².